The van der Waals surface area contributed by atoms with Gasteiger partial charge in [0, 0.05) is 24.7 Å². The average molecular weight is 263 g/mol. The molecule has 1 N–H and O–H groups in total. The van der Waals surface area contributed by atoms with Gasteiger partial charge >= 0.3 is 0 Å². The second kappa shape index (κ2) is 4.75. The third-order valence-electron chi connectivity index (χ3n) is 4.18. The van der Waals surface area contributed by atoms with Crippen LogP contribution in [0.5, 0.6) is 0 Å². The number of amides is 1. The maximum absolute atomic E-state index is 12.1. The van der Waals surface area contributed by atoms with Crippen LogP contribution in [0.1, 0.15) is 25.7 Å². The third kappa shape index (κ3) is 2.07. The SMILES string of the molecule is Cl.O=C(C1CSCN1)N1CCC2(CCC2)C1. The highest BCUT2D eigenvalue weighted by Crippen LogP contribution is 2.48. The van der Waals surface area contributed by atoms with Gasteiger partial charge in [-0.15, -0.1) is 24.2 Å². The van der Waals surface area contributed by atoms with Gasteiger partial charge in [-0.2, -0.15) is 0 Å². The Morgan fingerprint density at radius 2 is 2.19 bits per heavy atom. The van der Waals surface area contributed by atoms with Crippen molar-refractivity contribution in [1.82, 2.24) is 10.2 Å². The van der Waals surface area contributed by atoms with Crippen molar-refractivity contribution >= 4 is 30.1 Å². The molecule has 0 radical (unpaired) electrons. The summed E-state index contributed by atoms with van der Waals surface area (Å²) in [7, 11) is 0. The van der Waals surface area contributed by atoms with E-state index in [4.69, 9.17) is 0 Å². The van der Waals surface area contributed by atoms with Crippen molar-refractivity contribution in [2.24, 2.45) is 5.41 Å². The first kappa shape index (κ1) is 12.5. The Balaban J connectivity index is 0.000000963. The highest BCUT2D eigenvalue weighted by Gasteiger charge is 2.45. The molecule has 5 heteroatoms. The van der Waals surface area contributed by atoms with Crippen molar-refractivity contribution in [1.29, 1.82) is 0 Å². The minimum atomic E-state index is 0. The van der Waals surface area contributed by atoms with Gasteiger partial charge in [0.1, 0.15) is 0 Å². The Morgan fingerprint density at radius 1 is 1.38 bits per heavy atom. The zero-order chi connectivity index (χ0) is 10.3. The predicted octanol–water partition coefficient (Wildman–Crippen LogP) is 1.47. The molecule has 0 aromatic heterocycles. The van der Waals surface area contributed by atoms with Gasteiger partial charge in [-0.3, -0.25) is 10.1 Å². The zero-order valence-electron chi connectivity index (χ0n) is 9.41. The van der Waals surface area contributed by atoms with E-state index in [-0.39, 0.29) is 18.4 Å². The van der Waals surface area contributed by atoms with Crippen LogP contribution in [0.15, 0.2) is 0 Å². The first-order chi connectivity index (χ1) is 7.29. The van der Waals surface area contributed by atoms with Crippen LogP contribution in [0.3, 0.4) is 0 Å². The van der Waals surface area contributed by atoms with Crippen molar-refractivity contribution < 1.29 is 4.79 Å². The molecule has 1 saturated carbocycles. The highest BCUT2D eigenvalue weighted by atomic mass is 35.5. The van der Waals surface area contributed by atoms with Crippen molar-refractivity contribution in [3.05, 3.63) is 0 Å². The van der Waals surface area contributed by atoms with E-state index >= 15 is 0 Å². The molecule has 2 aliphatic heterocycles. The summed E-state index contributed by atoms with van der Waals surface area (Å²) in [5.74, 6) is 2.25. The summed E-state index contributed by atoms with van der Waals surface area (Å²) in [6.07, 6.45) is 5.32. The van der Waals surface area contributed by atoms with Crippen LogP contribution < -0.4 is 5.32 Å². The molecule has 1 unspecified atom stereocenters. The van der Waals surface area contributed by atoms with E-state index in [9.17, 15) is 4.79 Å². The summed E-state index contributed by atoms with van der Waals surface area (Å²) < 4.78 is 0. The smallest absolute Gasteiger partial charge is 0.240 e. The lowest BCUT2D eigenvalue weighted by molar-refractivity contribution is -0.132. The van der Waals surface area contributed by atoms with Crippen LogP contribution in [0.25, 0.3) is 0 Å². The summed E-state index contributed by atoms with van der Waals surface area (Å²) in [5.41, 5.74) is 0.543. The first-order valence-electron chi connectivity index (χ1n) is 5.89. The summed E-state index contributed by atoms with van der Waals surface area (Å²) >= 11 is 1.83. The quantitative estimate of drug-likeness (QED) is 0.777. The molecule has 2 saturated heterocycles. The Labute approximate surface area is 107 Å². The lowest BCUT2D eigenvalue weighted by Crippen LogP contribution is -2.45. The maximum atomic E-state index is 12.1. The Morgan fingerprint density at radius 3 is 2.69 bits per heavy atom. The van der Waals surface area contributed by atoms with E-state index in [0.29, 0.717) is 11.3 Å². The molecule has 2 heterocycles. The van der Waals surface area contributed by atoms with Gasteiger partial charge in [0.05, 0.1) is 6.04 Å². The molecule has 16 heavy (non-hydrogen) atoms. The van der Waals surface area contributed by atoms with Gasteiger partial charge < -0.3 is 4.90 Å². The fraction of sp³-hybridized carbons (Fsp3) is 0.909. The number of nitrogens with one attached hydrogen (secondary N) is 1. The molecule has 1 amide bonds. The summed E-state index contributed by atoms with van der Waals surface area (Å²) in [5, 5.41) is 3.27. The van der Waals surface area contributed by atoms with E-state index in [1.54, 1.807) is 0 Å². The lowest BCUT2D eigenvalue weighted by atomic mass is 9.68. The molecule has 0 bridgehead atoms. The topological polar surface area (TPSA) is 32.3 Å². The second-order valence-corrected chi connectivity index (χ2v) is 6.17. The van der Waals surface area contributed by atoms with Crippen LogP contribution >= 0.6 is 24.2 Å². The molecule has 92 valence electrons. The number of rotatable bonds is 1. The fourth-order valence-corrected chi connectivity index (χ4v) is 3.92. The van der Waals surface area contributed by atoms with Crippen LogP contribution in [-0.2, 0) is 4.79 Å². The Hall–Kier alpha value is 0.0700. The lowest BCUT2D eigenvalue weighted by Gasteiger charge is -2.38. The first-order valence-corrected chi connectivity index (χ1v) is 7.05. The molecule has 1 aliphatic carbocycles. The number of hydrogen-bond acceptors (Lipinski definition) is 3. The predicted molar refractivity (Wildman–Crippen MR) is 69.0 cm³/mol. The summed E-state index contributed by atoms with van der Waals surface area (Å²) in [4.78, 5) is 14.2. The van der Waals surface area contributed by atoms with E-state index in [1.165, 1.54) is 25.7 Å². The molecule has 0 aromatic rings. The number of likely N-dealkylation sites (tertiary alicyclic amines) is 1. The maximum Gasteiger partial charge on any atom is 0.240 e. The molecule has 3 fully saturated rings. The fourth-order valence-electron chi connectivity index (χ4n) is 2.98. The minimum absolute atomic E-state index is 0. The summed E-state index contributed by atoms with van der Waals surface area (Å²) in [6, 6.07) is 0.102. The molecule has 1 atom stereocenters. The zero-order valence-corrected chi connectivity index (χ0v) is 11.0. The molecule has 3 nitrogen and oxygen atoms in total. The molecular formula is C11H19ClN2OS. The van der Waals surface area contributed by atoms with Gasteiger partial charge in [-0.1, -0.05) is 6.42 Å². The molecule has 0 aromatic carbocycles. The second-order valence-electron chi connectivity index (χ2n) is 5.14. The minimum Gasteiger partial charge on any atom is -0.341 e. The summed E-state index contributed by atoms with van der Waals surface area (Å²) in [6.45, 7) is 2.04. The van der Waals surface area contributed by atoms with Gasteiger partial charge in [-0.25, -0.2) is 0 Å². The third-order valence-corrected chi connectivity index (χ3v) is 5.12. The van der Waals surface area contributed by atoms with E-state index in [1.807, 2.05) is 11.8 Å². The normalized spacial score (nSPS) is 31.2. The van der Waals surface area contributed by atoms with Crippen LogP contribution in [0, 0.1) is 5.41 Å². The van der Waals surface area contributed by atoms with Crippen molar-refractivity contribution in [2.75, 3.05) is 24.7 Å². The number of thioether (sulfide) groups is 1. The van der Waals surface area contributed by atoms with Gasteiger partial charge in [0.25, 0.3) is 0 Å². The van der Waals surface area contributed by atoms with E-state index in [0.717, 1.165) is 24.7 Å². The van der Waals surface area contributed by atoms with Crippen LogP contribution in [0.4, 0.5) is 0 Å². The molecule has 3 rings (SSSR count). The van der Waals surface area contributed by atoms with Crippen molar-refractivity contribution in [2.45, 2.75) is 31.7 Å². The number of halogens is 1. The molecule has 1 spiro atoms. The largest absolute Gasteiger partial charge is 0.341 e. The average Bonchev–Trinajstić information content (AvgIpc) is 2.85. The standard InChI is InChI=1S/C11H18N2OS.ClH/c14-10(9-6-15-8-12-9)13-5-4-11(7-13)2-1-3-11;/h9,12H,1-8H2;1H. The van der Waals surface area contributed by atoms with Gasteiger partial charge in [0.15, 0.2) is 0 Å². The number of carbonyl (C=O) groups excluding carboxylic acids is 1. The van der Waals surface area contributed by atoms with E-state index < -0.39 is 0 Å². The van der Waals surface area contributed by atoms with Crippen LogP contribution in [-0.4, -0.2) is 41.6 Å². The highest BCUT2D eigenvalue weighted by molar-refractivity contribution is 7.99. The Bertz CT molecular complexity index is 277. The Kier molecular flexibility index (Phi) is 3.72. The number of hydrogen-bond donors (Lipinski definition) is 1. The van der Waals surface area contributed by atoms with Crippen LogP contribution in [0.2, 0.25) is 0 Å². The monoisotopic (exact) mass is 262 g/mol. The van der Waals surface area contributed by atoms with Gasteiger partial charge in [-0.05, 0) is 24.7 Å². The van der Waals surface area contributed by atoms with Crippen molar-refractivity contribution in [3.63, 3.8) is 0 Å². The van der Waals surface area contributed by atoms with E-state index in [2.05, 4.69) is 10.2 Å². The number of nitrogens with zero attached hydrogens (tertiary/aromatic N) is 1. The van der Waals surface area contributed by atoms with Gasteiger partial charge in [0.2, 0.25) is 5.91 Å². The van der Waals surface area contributed by atoms with Crippen molar-refractivity contribution in [3.8, 4) is 0 Å². The molecular weight excluding hydrogens is 244 g/mol. The number of carbonyl (C=O) groups is 1. The molecule has 3 aliphatic rings.